The van der Waals surface area contributed by atoms with Gasteiger partial charge in [-0.3, -0.25) is 0 Å². The molecule has 0 amide bonds. The summed E-state index contributed by atoms with van der Waals surface area (Å²) < 4.78 is 2.31. The van der Waals surface area contributed by atoms with Crippen LogP contribution in [0.3, 0.4) is 0 Å². The fourth-order valence-electron chi connectivity index (χ4n) is 3.42. The van der Waals surface area contributed by atoms with Crippen LogP contribution in [0.25, 0.3) is 0 Å². The van der Waals surface area contributed by atoms with Crippen LogP contribution in [0.2, 0.25) is 0 Å². The summed E-state index contributed by atoms with van der Waals surface area (Å²) in [5.74, 6) is 1.93. The molecule has 1 aromatic rings. The number of hydrogen-bond donors (Lipinski definition) is 1. The zero-order valence-corrected chi connectivity index (χ0v) is 13.5. The van der Waals surface area contributed by atoms with Crippen molar-refractivity contribution in [1.82, 2.24) is 9.55 Å². The van der Waals surface area contributed by atoms with Crippen LogP contribution in [0, 0.1) is 12.8 Å². The van der Waals surface area contributed by atoms with Gasteiger partial charge >= 0.3 is 0 Å². The zero-order valence-electron chi connectivity index (χ0n) is 13.5. The molecule has 0 spiro atoms. The van der Waals surface area contributed by atoms with E-state index >= 15 is 0 Å². The fraction of sp³-hybridized carbons (Fsp3) is 0.824. The molecule has 1 atom stereocenters. The summed E-state index contributed by atoms with van der Waals surface area (Å²) in [6, 6.07) is 0.595. The molecule has 1 aromatic heterocycles. The number of imidazole rings is 1. The number of aromatic nitrogens is 2. The Bertz CT molecular complexity index is 391. The van der Waals surface area contributed by atoms with Gasteiger partial charge in [0, 0.05) is 18.8 Å². The van der Waals surface area contributed by atoms with E-state index < -0.39 is 0 Å². The van der Waals surface area contributed by atoms with E-state index in [0.717, 1.165) is 24.1 Å². The first-order chi connectivity index (χ1) is 9.74. The van der Waals surface area contributed by atoms with Crippen LogP contribution in [-0.4, -0.2) is 15.6 Å². The molecule has 2 rings (SSSR count). The normalized spacial score (nSPS) is 18.1. The van der Waals surface area contributed by atoms with Gasteiger partial charge in [-0.25, -0.2) is 4.98 Å². The quantitative estimate of drug-likeness (QED) is 0.778. The highest BCUT2D eigenvalue weighted by atomic mass is 15.2. The maximum Gasteiger partial charge on any atom is 0.203 e. The van der Waals surface area contributed by atoms with Crippen molar-refractivity contribution in [2.24, 2.45) is 5.92 Å². The molecule has 0 bridgehead atoms. The molecule has 3 nitrogen and oxygen atoms in total. The van der Waals surface area contributed by atoms with Gasteiger partial charge in [-0.15, -0.1) is 0 Å². The van der Waals surface area contributed by atoms with Crippen molar-refractivity contribution < 1.29 is 0 Å². The van der Waals surface area contributed by atoms with Gasteiger partial charge in [-0.1, -0.05) is 39.5 Å². The smallest absolute Gasteiger partial charge is 0.203 e. The standard InChI is InChI=1S/C17H31N3/c1-4-6-12-20-13-14(3)18-17(20)19-16(5-2)15-10-8-7-9-11-15/h13,15-16H,4-12H2,1-3H3,(H,18,19). The number of rotatable bonds is 7. The van der Waals surface area contributed by atoms with Gasteiger partial charge in [0.15, 0.2) is 0 Å². The number of nitrogens with zero attached hydrogens (tertiary/aromatic N) is 2. The Balaban J connectivity index is 2.02. The molecule has 0 aromatic carbocycles. The molecule has 1 aliphatic rings. The molecule has 1 fully saturated rings. The summed E-state index contributed by atoms with van der Waals surface area (Å²) in [5.41, 5.74) is 1.13. The lowest BCUT2D eigenvalue weighted by Gasteiger charge is -2.30. The molecule has 0 saturated heterocycles. The average Bonchev–Trinajstić information content (AvgIpc) is 2.83. The Labute approximate surface area is 124 Å². The molecule has 1 heterocycles. The molecule has 0 aliphatic heterocycles. The van der Waals surface area contributed by atoms with E-state index in [1.807, 2.05) is 0 Å². The van der Waals surface area contributed by atoms with E-state index in [4.69, 9.17) is 4.98 Å². The van der Waals surface area contributed by atoms with Crippen LogP contribution in [0.1, 0.15) is 70.9 Å². The van der Waals surface area contributed by atoms with Crippen molar-refractivity contribution in [2.45, 2.75) is 84.7 Å². The van der Waals surface area contributed by atoms with Crippen molar-refractivity contribution in [1.29, 1.82) is 0 Å². The van der Waals surface area contributed by atoms with Gasteiger partial charge in [-0.05, 0) is 38.5 Å². The Morgan fingerprint density at radius 1 is 1.30 bits per heavy atom. The van der Waals surface area contributed by atoms with Crippen molar-refractivity contribution in [3.63, 3.8) is 0 Å². The predicted octanol–water partition coefficient (Wildman–Crippen LogP) is 4.76. The van der Waals surface area contributed by atoms with E-state index in [1.165, 1.54) is 51.4 Å². The molecule has 0 radical (unpaired) electrons. The summed E-state index contributed by atoms with van der Waals surface area (Å²) in [5, 5.41) is 3.75. The maximum atomic E-state index is 4.70. The third-order valence-corrected chi connectivity index (χ3v) is 4.62. The summed E-state index contributed by atoms with van der Waals surface area (Å²) >= 11 is 0. The van der Waals surface area contributed by atoms with Crippen molar-refractivity contribution >= 4 is 5.95 Å². The lowest BCUT2D eigenvalue weighted by Crippen LogP contribution is -2.31. The largest absolute Gasteiger partial charge is 0.353 e. The Morgan fingerprint density at radius 3 is 2.70 bits per heavy atom. The second kappa shape index (κ2) is 7.70. The van der Waals surface area contributed by atoms with Crippen molar-refractivity contribution in [3.8, 4) is 0 Å². The predicted molar refractivity (Wildman–Crippen MR) is 86.1 cm³/mol. The van der Waals surface area contributed by atoms with E-state index in [1.54, 1.807) is 0 Å². The number of aryl methyl sites for hydroxylation is 2. The Morgan fingerprint density at radius 2 is 2.05 bits per heavy atom. The number of nitrogens with one attached hydrogen (secondary N) is 1. The number of hydrogen-bond acceptors (Lipinski definition) is 2. The maximum absolute atomic E-state index is 4.70. The minimum absolute atomic E-state index is 0.595. The van der Waals surface area contributed by atoms with Crippen LogP contribution < -0.4 is 5.32 Å². The molecule has 1 saturated carbocycles. The van der Waals surface area contributed by atoms with Gasteiger partial charge in [0.25, 0.3) is 0 Å². The van der Waals surface area contributed by atoms with Crippen LogP contribution >= 0.6 is 0 Å². The molecular formula is C17H31N3. The van der Waals surface area contributed by atoms with Gasteiger partial charge in [0.05, 0.1) is 5.69 Å². The average molecular weight is 277 g/mol. The Hall–Kier alpha value is -0.990. The third-order valence-electron chi connectivity index (χ3n) is 4.62. The minimum Gasteiger partial charge on any atom is -0.353 e. The number of unbranched alkanes of at least 4 members (excludes halogenated alkanes) is 1. The van der Waals surface area contributed by atoms with E-state index in [9.17, 15) is 0 Å². The number of anilines is 1. The van der Waals surface area contributed by atoms with E-state index in [-0.39, 0.29) is 0 Å². The molecular weight excluding hydrogens is 246 g/mol. The summed E-state index contributed by atoms with van der Waals surface area (Å²) in [4.78, 5) is 4.70. The first-order valence-electron chi connectivity index (χ1n) is 8.54. The summed E-state index contributed by atoms with van der Waals surface area (Å²) in [6.07, 6.45) is 12.9. The van der Waals surface area contributed by atoms with Gasteiger partial charge < -0.3 is 9.88 Å². The molecule has 1 N–H and O–H groups in total. The van der Waals surface area contributed by atoms with Crippen LogP contribution in [0.4, 0.5) is 5.95 Å². The van der Waals surface area contributed by atoms with Gasteiger partial charge in [-0.2, -0.15) is 0 Å². The van der Waals surface area contributed by atoms with Crippen molar-refractivity contribution in [2.75, 3.05) is 5.32 Å². The fourth-order valence-corrected chi connectivity index (χ4v) is 3.42. The van der Waals surface area contributed by atoms with E-state index in [0.29, 0.717) is 6.04 Å². The molecule has 114 valence electrons. The van der Waals surface area contributed by atoms with Crippen LogP contribution in [0.5, 0.6) is 0 Å². The molecule has 1 unspecified atom stereocenters. The van der Waals surface area contributed by atoms with Gasteiger partial charge in [0.2, 0.25) is 5.95 Å². The summed E-state index contributed by atoms with van der Waals surface area (Å²) in [6.45, 7) is 7.72. The summed E-state index contributed by atoms with van der Waals surface area (Å²) in [7, 11) is 0. The van der Waals surface area contributed by atoms with Crippen LogP contribution in [-0.2, 0) is 6.54 Å². The molecule has 20 heavy (non-hydrogen) atoms. The minimum atomic E-state index is 0.595. The highest BCUT2D eigenvalue weighted by Crippen LogP contribution is 2.29. The second-order valence-electron chi connectivity index (χ2n) is 6.31. The second-order valence-corrected chi connectivity index (χ2v) is 6.31. The monoisotopic (exact) mass is 277 g/mol. The SMILES string of the molecule is CCCCn1cc(C)nc1NC(CC)C1CCCCC1. The topological polar surface area (TPSA) is 29.9 Å². The zero-order chi connectivity index (χ0) is 14.4. The van der Waals surface area contributed by atoms with E-state index in [2.05, 4.69) is 36.9 Å². The van der Waals surface area contributed by atoms with Gasteiger partial charge in [0.1, 0.15) is 0 Å². The van der Waals surface area contributed by atoms with Crippen LogP contribution in [0.15, 0.2) is 6.20 Å². The molecule has 1 aliphatic carbocycles. The molecule has 3 heteroatoms. The highest BCUT2D eigenvalue weighted by molar-refractivity contribution is 5.30. The lowest BCUT2D eigenvalue weighted by atomic mass is 9.83. The third kappa shape index (κ3) is 4.00. The highest BCUT2D eigenvalue weighted by Gasteiger charge is 2.23. The lowest BCUT2D eigenvalue weighted by molar-refractivity contribution is 0.311. The first-order valence-corrected chi connectivity index (χ1v) is 8.54. The van der Waals surface area contributed by atoms with Crippen molar-refractivity contribution in [3.05, 3.63) is 11.9 Å². The Kier molecular flexibility index (Phi) is 5.93. The first kappa shape index (κ1) is 15.4.